The second-order valence-electron chi connectivity index (χ2n) is 5.67. The summed E-state index contributed by atoms with van der Waals surface area (Å²) in [7, 11) is 0. The molecule has 0 aromatic rings. The topological polar surface area (TPSA) is 26.3 Å². The summed E-state index contributed by atoms with van der Waals surface area (Å²) < 4.78 is 6.18. The highest BCUT2D eigenvalue weighted by Crippen LogP contribution is 2.46. The van der Waals surface area contributed by atoms with Crippen molar-refractivity contribution in [2.24, 2.45) is 11.8 Å². The molecular weight excluding hydrogens is 212 g/mol. The molecular formula is C15H22O2. The molecule has 17 heavy (non-hydrogen) atoms. The van der Waals surface area contributed by atoms with Crippen molar-refractivity contribution < 1.29 is 9.53 Å². The van der Waals surface area contributed by atoms with Crippen LogP contribution >= 0.6 is 0 Å². The molecule has 0 amide bonds. The van der Waals surface area contributed by atoms with Gasteiger partial charge in [0, 0.05) is 12.3 Å². The minimum Gasteiger partial charge on any atom is -0.362 e. The van der Waals surface area contributed by atoms with Crippen LogP contribution in [0.3, 0.4) is 0 Å². The zero-order valence-corrected chi connectivity index (χ0v) is 11.0. The molecule has 2 aliphatic heterocycles. The molecule has 2 aliphatic rings. The number of allylic oxidation sites excluding steroid dienone is 1. The molecule has 0 aromatic heterocycles. The van der Waals surface area contributed by atoms with Crippen LogP contribution in [-0.2, 0) is 9.53 Å². The first-order valence-corrected chi connectivity index (χ1v) is 6.50. The van der Waals surface area contributed by atoms with Crippen molar-refractivity contribution in [3.05, 3.63) is 24.3 Å². The predicted octanol–water partition coefficient (Wildman–Crippen LogP) is 3.28. The molecule has 0 N–H and O–H groups in total. The lowest BCUT2D eigenvalue weighted by Crippen LogP contribution is -2.46. The predicted molar refractivity (Wildman–Crippen MR) is 68.7 cm³/mol. The quantitative estimate of drug-likeness (QED) is 0.698. The number of carbonyl (C=O) groups is 1. The van der Waals surface area contributed by atoms with Gasteiger partial charge in [0.1, 0.15) is 5.78 Å². The van der Waals surface area contributed by atoms with Gasteiger partial charge < -0.3 is 4.74 Å². The first kappa shape index (κ1) is 12.6. The van der Waals surface area contributed by atoms with Crippen molar-refractivity contribution in [2.45, 2.75) is 51.7 Å². The second kappa shape index (κ2) is 4.41. The minimum atomic E-state index is -0.318. The Morgan fingerprint density at radius 3 is 2.94 bits per heavy atom. The molecule has 0 aliphatic carbocycles. The molecule has 1 saturated heterocycles. The van der Waals surface area contributed by atoms with E-state index in [9.17, 15) is 4.79 Å². The molecule has 3 atom stereocenters. The third-order valence-electron chi connectivity index (χ3n) is 4.15. The van der Waals surface area contributed by atoms with Crippen molar-refractivity contribution in [2.75, 3.05) is 0 Å². The van der Waals surface area contributed by atoms with Crippen molar-refractivity contribution in [1.82, 2.24) is 0 Å². The fraction of sp³-hybridized carbons (Fsp3) is 0.667. The number of Topliss-reactive ketones (excluding diaryl/α,β-unsaturated/α-hetero) is 1. The summed E-state index contributed by atoms with van der Waals surface area (Å²) in [5.74, 6) is 0.768. The molecule has 2 rings (SSSR count). The van der Waals surface area contributed by atoms with Crippen molar-refractivity contribution in [3.63, 3.8) is 0 Å². The van der Waals surface area contributed by atoms with Gasteiger partial charge in [-0.3, -0.25) is 4.79 Å². The number of ether oxygens (including phenoxy) is 1. The molecule has 2 heterocycles. The maximum Gasteiger partial charge on any atom is 0.142 e. The monoisotopic (exact) mass is 234 g/mol. The summed E-state index contributed by atoms with van der Waals surface area (Å²) in [6.45, 7) is 10.1. The summed E-state index contributed by atoms with van der Waals surface area (Å²) in [6, 6.07) is 0. The van der Waals surface area contributed by atoms with E-state index in [4.69, 9.17) is 4.74 Å². The fourth-order valence-corrected chi connectivity index (χ4v) is 3.16. The molecule has 3 unspecified atom stereocenters. The maximum absolute atomic E-state index is 12.3. The van der Waals surface area contributed by atoms with Crippen LogP contribution in [0.15, 0.2) is 24.3 Å². The van der Waals surface area contributed by atoms with E-state index in [1.807, 2.05) is 6.08 Å². The highest BCUT2D eigenvalue weighted by Gasteiger charge is 2.51. The largest absolute Gasteiger partial charge is 0.362 e. The Morgan fingerprint density at radius 2 is 2.35 bits per heavy atom. The minimum absolute atomic E-state index is 0.000986. The number of fused-ring (bicyclic) bond motifs is 2. The average molecular weight is 234 g/mol. The number of hydrogen-bond donors (Lipinski definition) is 0. The number of hydrogen-bond acceptors (Lipinski definition) is 2. The number of carbonyl (C=O) groups excluding carboxylic acids is 1. The third-order valence-corrected chi connectivity index (χ3v) is 4.15. The molecule has 2 bridgehead atoms. The van der Waals surface area contributed by atoms with E-state index in [0.717, 1.165) is 12.8 Å². The van der Waals surface area contributed by atoms with Gasteiger partial charge in [-0.05, 0) is 31.3 Å². The SMILES string of the molecule is C=CCCC12CC(=O)C(C(C)C)C(C=C1C)O2. The zero-order valence-electron chi connectivity index (χ0n) is 11.0. The van der Waals surface area contributed by atoms with E-state index < -0.39 is 0 Å². The molecule has 0 aromatic carbocycles. The lowest BCUT2D eigenvalue weighted by Gasteiger charge is -2.39. The van der Waals surface area contributed by atoms with Crippen LogP contribution in [0, 0.1) is 11.8 Å². The molecule has 1 fully saturated rings. The summed E-state index contributed by atoms with van der Waals surface area (Å²) >= 11 is 0. The average Bonchev–Trinajstić information content (AvgIpc) is 2.48. The van der Waals surface area contributed by atoms with Gasteiger partial charge in [0.2, 0.25) is 0 Å². The maximum atomic E-state index is 12.3. The highest BCUT2D eigenvalue weighted by atomic mass is 16.5. The highest BCUT2D eigenvalue weighted by molar-refractivity contribution is 5.85. The number of rotatable bonds is 4. The van der Waals surface area contributed by atoms with Gasteiger partial charge in [0.25, 0.3) is 0 Å². The standard InChI is InChI=1S/C15H22O2/c1-5-6-7-15-9-12(16)14(10(2)3)13(17-15)8-11(15)4/h5,8,10,13-14H,1,6-7,9H2,2-4H3. The van der Waals surface area contributed by atoms with Gasteiger partial charge in [-0.1, -0.05) is 26.0 Å². The molecule has 2 heteroatoms. The second-order valence-corrected chi connectivity index (χ2v) is 5.67. The van der Waals surface area contributed by atoms with Crippen LogP contribution in [0.25, 0.3) is 0 Å². The van der Waals surface area contributed by atoms with Crippen LogP contribution in [0.4, 0.5) is 0 Å². The van der Waals surface area contributed by atoms with Crippen LogP contribution in [0.2, 0.25) is 0 Å². The van der Waals surface area contributed by atoms with Crippen molar-refractivity contribution >= 4 is 5.78 Å². The Morgan fingerprint density at radius 1 is 1.65 bits per heavy atom. The summed E-state index contributed by atoms with van der Waals surface area (Å²) in [4.78, 5) is 12.3. The van der Waals surface area contributed by atoms with Crippen LogP contribution in [-0.4, -0.2) is 17.5 Å². The van der Waals surface area contributed by atoms with Gasteiger partial charge in [0.05, 0.1) is 11.7 Å². The van der Waals surface area contributed by atoms with Crippen molar-refractivity contribution in [3.8, 4) is 0 Å². The van der Waals surface area contributed by atoms with E-state index in [0.29, 0.717) is 18.1 Å². The Hall–Kier alpha value is -0.890. The fourth-order valence-electron chi connectivity index (χ4n) is 3.16. The first-order valence-electron chi connectivity index (χ1n) is 6.50. The van der Waals surface area contributed by atoms with Crippen molar-refractivity contribution in [1.29, 1.82) is 0 Å². The summed E-state index contributed by atoms with van der Waals surface area (Å²) in [5, 5.41) is 0. The third kappa shape index (κ3) is 1.99. The molecule has 0 saturated carbocycles. The Balaban J connectivity index is 2.23. The smallest absolute Gasteiger partial charge is 0.142 e. The molecule has 0 spiro atoms. The Bertz CT molecular complexity index is 367. The molecule has 2 nitrogen and oxygen atoms in total. The van der Waals surface area contributed by atoms with Gasteiger partial charge in [0.15, 0.2) is 0 Å². The molecule has 94 valence electrons. The summed E-state index contributed by atoms with van der Waals surface area (Å²) in [6.07, 6.45) is 6.39. The van der Waals surface area contributed by atoms with Gasteiger partial charge in [-0.15, -0.1) is 6.58 Å². The van der Waals surface area contributed by atoms with E-state index in [-0.39, 0.29) is 17.6 Å². The van der Waals surface area contributed by atoms with Crippen LogP contribution in [0.1, 0.15) is 40.0 Å². The van der Waals surface area contributed by atoms with Gasteiger partial charge in [-0.25, -0.2) is 0 Å². The Kier molecular flexibility index (Phi) is 3.26. The van der Waals surface area contributed by atoms with Gasteiger partial charge >= 0.3 is 0 Å². The Labute approximate surface area is 104 Å². The molecule has 0 radical (unpaired) electrons. The summed E-state index contributed by atoms with van der Waals surface area (Å²) in [5.41, 5.74) is 0.919. The lowest BCUT2D eigenvalue weighted by molar-refractivity contribution is -0.152. The van der Waals surface area contributed by atoms with E-state index in [2.05, 4.69) is 33.4 Å². The van der Waals surface area contributed by atoms with E-state index >= 15 is 0 Å². The first-order chi connectivity index (χ1) is 8.00. The van der Waals surface area contributed by atoms with Crippen LogP contribution < -0.4 is 0 Å². The van der Waals surface area contributed by atoms with E-state index in [1.165, 1.54) is 5.57 Å². The zero-order chi connectivity index (χ0) is 12.6. The van der Waals surface area contributed by atoms with Crippen LogP contribution in [0.5, 0.6) is 0 Å². The normalized spacial score (nSPS) is 36.2. The number of ketones is 1. The van der Waals surface area contributed by atoms with E-state index in [1.54, 1.807) is 0 Å². The lowest BCUT2D eigenvalue weighted by atomic mass is 9.79. The van der Waals surface area contributed by atoms with Gasteiger partial charge in [-0.2, -0.15) is 0 Å².